The average molecular weight is 315 g/mol. The average Bonchev–Trinajstić information content (AvgIpc) is 2.82. The van der Waals surface area contributed by atoms with Crippen molar-refractivity contribution in [2.45, 2.75) is 32.6 Å². The molecule has 1 aromatic heterocycles. The van der Waals surface area contributed by atoms with Crippen LogP contribution in [0.2, 0.25) is 0 Å². The Kier molecular flexibility index (Phi) is 4.80. The molecule has 2 unspecified atom stereocenters. The molecule has 100 valence electrons. The van der Waals surface area contributed by atoms with E-state index in [1.54, 1.807) is 6.92 Å². The number of nitrogens with zero attached hydrogens (tertiary/aromatic N) is 1. The molecule has 1 aliphatic rings. The van der Waals surface area contributed by atoms with Crippen molar-refractivity contribution in [3.8, 4) is 0 Å². The van der Waals surface area contributed by atoms with Crippen LogP contribution in [0.15, 0.2) is 10.7 Å². The number of carbonyl (C=O) groups is 1. The number of aryl methyl sites for hydroxylation is 1. The third-order valence-corrected chi connectivity index (χ3v) is 4.62. The summed E-state index contributed by atoms with van der Waals surface area (Å²) in [7, 11) is 0. The summed E-state index contributed by atoms with van der Waals surface area (Å²) in [5.41, 5.74) is 0.543. The zero-order valence-electron chi connectivity index (χ0n) is 10.6. The van der Waals surface area contributed by atoms with Crippen LogP contribution in [0, 0.1) is 18.8 Å². The standard InChI is InChI=1S/C13H19BrN2O2/c1-9-12(8-16-18-9)13(17)15-7-11-5-3-2-4-10(11)6-14/h8,10-11H,2-7H2,1H3,(H,15,17). The van der Waals surface area contributed by atoms with Crippen molar-refractivity contribution in [3.63, 3.8) is 0 Å². The van der Waals surface area contributed by atoms with Crippen molar-refractivity contribution in [1.82, 2.24) is 10.5 Å². The minimum atomic E-state index is -0.0763. The number of carbonyl (C=O) groups excluding carboxylic acids is 1. The number of nitrogens with one attached hydrogen (secondary N) is 1. The van der Waals surface area contributed by atoms with E-state index in [1.807, 2.05) is 0 Å². The monoisotopic (exact) mass is 314 g/mol. The van der Waals surface area contributed by atoms with E-state index in [4.69, 9.17) is 4.52 Å². The maximum absolute atomic E-state index is 11.9. The predicted octanol–water partition coefficient (Wildman–Crippen LogP) is 2.91. The normalized spacial score (nSPS) is 23.9. The number of rotatable bonds is 4. The number of aromatic nitrogens is 1. The number of amides is 1. The Morgan fingerprint density at radius 1 is 1.50 bits per heavy atom. The van der Waals surface area contributed by atoms with E-state index >= 15 is 0 Å². The van der Waals surface area contributed by atoms with Crippen LogP contribution < -0.4 is 5.32 Å². The third kappa shape index (κ3) is 3.13. The molecule has 0 aromatic carbocycles. The summed E-state index contributed by atoms with van der Waals surface area (Å²) in [6.07, 6.45) is 6.53. The first-order chi connectivity index (χ1) is 8.72. The highest BCUT2D eigenvalue weighted by molar-refractivity contribution is 9.09. The lowest BCUT2D eigenvalue weighted by Gasteiger charge is -2.30. The largest absolute Gasteiger partial charge is 0.361 e. The minimum absolute atomic E-state index is 0.0763. The van der Waals surface area contributed by atoms with Crippen molar-refractivity contribution < 1.29 is 9.32 Å². The van der Waals surface area contributed by atoms with E-state index in [9.17, 15) is 4.79 Å². The van der Waals surface area contributed by atoms with Gasteiger partial charge in [0.25, 0.3) is 5.91 Å². The van der Waals surface area contributed by atoms with Gasteiger partial charge in [-0.25, -0.2) is 0 Å². The summed E-state index contributed by atoms with van der Waals surface area (Å²) in [5, 5.41) is 7.65. The highest BCUT2D eigenvalue weighted by atomic mass is 79.9. The first kappa shape index (κ1) is 13.6. The fourth-order valence-corrected chi connectivity index (χ4v) is 3.44. The Labute approximate surface area is 116 Å². The smallest absolute Gasteiger partial charge is 0.256 e. The molecule has 0 spiro atoms. The van der Waals surface area contributed by atoms with E-state index < -0.39 is 0 Å². The number of halogens is 1. The number of hydrogen-bond donors (Lipinski definition) is 1. The minimum Gasteiger partial charge on any atom is -0.361 e. The van der Waals surface area contributed by atoms with Gasteiger partial charge in [-0.1, -0.05) is 33.9 Å². The molecule has 18 heavy (non-hydrogen) atoms. The molecule has 4 nitrogen and oxygen atoms in total. The van der Waals surface area contributed by atoms with Gasteiger partial charge >= 0.3 is 0 Å². The molecule has 0 aliphatic heterocycles. The van der Waals surface area contributed by atoms with E-state index in [0.717, 1.165) is 11.9 Å². The Bertz CT molecular complexity index is 405. The van der Waals surface area contributed by atoms with Gasteiger partial charge < -0.3 is 9.84 Å². The molecule has 2 atom stereocenters. The van der Waals surface area contributed by atoms with Crippen LogP contribution in [0.4, 0.5) is 0 Å². The molecule has 1 fully saturated rings. The van der Waals surface area contributed by atoms with Crippen molar-refractivity contribution in [2.75, 3.05) is 11.9 Å². The van der Waals surface area contributed by atoms with Crippen LogP contribution in [0.3, 0.4) is 0 Å². The first-order valence-electron chi connectivity index (χ1n) is 6.47. The quantitative estimate of drug-likeness (QED) is 0.869. The van der Waals surface area contributed by atoms with Gasteiger partial charge in [0.05, 0.1) is 6.20 Å². The highest BCUT2D eigenvalue weighted by Crippen LogP contribution is 2.30. The summed E-state index contributed by atoms with van der Waals surface area (Å²) in [6.45, 7) is 2.50. The fraction of sp³-hybridized carbons (Fsp3) is 0.692. The van der Waals surface area contributed by atoms with E-state index in [0.29, 0.717) is 23.2 Å². The summed E-state index contributed by atoms with van der Waals surface area (Å²) in [6, 6.07) is 0. The van der Waals surface area contributed by atoms with Gasteiger partial charge in [-0.05, 0) is 31.6 Å². The molecule has 1 amide bonds. The molecule has 1 aromatic rings. The van der Waals surface area contributed by atoms with Crippen molar-refractivity contribution in [3.05, 3.63) is 17.5 Å². The molecule has 2 rings (SSSR count). The molecule has 1 aliphatic carbocycles. The predicted molar refractivity (Wildman–Crippen MR) is 72.8 cm³/mol. The molecule has 1 heterocycles. The van der Waals surface area contributed by atoms with Gasteiger partial charge in [0.15, 0.2) is 0 Å². The van der Waals surface area contributed by atoms with Crippen LogP contribution in [0.1, 0.15) is 41.8 Å². The lowest BCUT2D eigenvalue weighted by atomic mass is 9.80. The second-order valence-electron chi connectivity index (χ2n) is 4.96. The second kappa shape index (κ2) is 6.36. The first-order valence-corrected chi connectivity index (χ1v) is 7.60. The van der Waals surface area contributed by atoms with Crippen LogP contribution in [-0.4, -0.2) is 22.9 Å². The molecule has 1 saturated carbocycles. The summed E-state index contributed by atoms with van der Waals surface area (Å²) >= 11 is 3.57. The summed E-state index contributed by atoms with van der Waals surface area (Å²) in [4.78, 5) is 11.9. The van der Waals surface area contributed by atoms with Gasteiger partial charge in [-0.3, -0.25) is 4.79 Å². The molecule has 1 N–H and O–H groups in total. The van der Waals surface area contributed by atoms with E-state index in [-0.39, 0.29) is 5.91 Å². The van der Waals surface area contributed by atoms with Crippen molar-refractivity contribution in [1.29, 1.82) is 0 Å². The topological polar surface area (TPSA) is 55.1 Å². The summed E-state index contributed by atoms with van der Waals surface area (Å²) < 4.78 is 4.90. The number of hydrogen-bond acceptors (Lipinski definition) is 3. The van der Waals surface area contributed by atoms with Gasteiger partial charge in [-0.2, -0.15) is 0 Å². The zero-order chi connectivity index (χ0) is 13.0. The van der Waals surface area contributed by atoms with Gasteiger partial charge in [-0.15, -0.1) is 0 Å². The van der Waals surface area contributed by atoms with Crippen LogP contribution >= 0.6 is 15.9 Å². The van der Waals surface area contributed by atoms with Crippen molar-refractivity contribution in [2.24, 2.45) is 11.8 Å². The lowest BCUT2D eigenvalue weighted by Crippen LogP contribution is -2.34. The number of alkyl halides is 1. The van der Waals surface area contributed by atoms with Crippen LogP contribution in [-0.2, 0) is 0 Å². The third-order valence-electron chi connectivity index (χ3n) is 3.78. The Hall–Kier alpha value is -0.840. The highest BCUT2D eigenvalue weighted by Gasteiger charge is 2.25. The Balaban J connectivity index is 1.87. The molecule has 5 heteroatoms. The fourth-order valence-electron chi connectivity index (χ4n) is 2.59. The Morgan fingerprint density at radius 2 is 2.22 bits per heavy atom. The molecule has 0 saturated heterocycles. The van der Waals surface area contributed by atoms with Crippen molar-refractivity contribution >= 4 is 21.8 Å². The maximum atomic E-state index is 11.9. The summed E-state index contributed by atoms with van der Waals surface area (Å²) in [5.74, 6) is 1.77. The second-order valence-corrected chi connectivity index (χ2v) is 5.61. The molecule has 0 bridgehead atoms. The van der Waals surface area contributed by atoms with E-state index in [2.05, 4.69) is 26.4 Å². The van der Waals surface area contributed by atoms with Gasteiger partial charge in [0.1, 0.15) is 11.3 Å². The molecular weight excluding hydrogens is 296 g/mol. The van der Waals surface area contributed by atoms with Crippen LogP contribution in [0.5, 0.6) is 0 Å². The van der Waals surface area contributed by atoms with E-state index in [1.165, 1.54) is 31.9 Å². The van der Waals surface area contributed by atoms with Gasteiger partial charge in [0, 0.05) is 11.9 Å². The maximum Gasteiger partial charge on any atom is 0.256 e. The SMILES string of the molecule is Cc1oncc1C(=O)NCC1CCCCC1CBr. The zero-order valence-corrected chi connectivity index (χ0v) is 12.2. The lowest BCUT2D eigenvalue weighted by molar-refractivity contribution is 0.0935. The molecular formula is C13H19BrN2O2. The van der Waals surface area contributed by atoms with Gasteiger partial charge in [0.2, 0.25) is 0 Å². The Morgan fingerprint density at radius 3 is 2.83 bits per heavy atom. The molecule has 0 radical (unpaired) electrons. The van der Waals surface area contributed by atoms with Crippen LogP contribution in [0.25, 0.3) is 0 Å².